The number of benzene rings is 2. The molecular formula is C42H64N8O5. The molecule has 0 spiro atoms. The lowest BCUT2D eigenvalue weighted by Crippen LogP contribution is -2.53. The van der Waals surface area contributed by atoms with Gasteiger partial charge in [0.05, 0.1) is 43.3 Å². The van der Waals surface area contributed by atoms with Gasteiger partial charge in [0.2, 0.25) is 17.7 Å². The number of hydrogen-bond acceptors (Lipinski definition) is 9. The number of nitrogens with two attached hydrogens (primary N) is 1. The third-order valence-corrected chi connectivity index (χ3v) is 9.83. The van der Waals surface area contributed by atoms with Crippen molar-refractivity contribution in [2.24, 2.45) is 11.1 Å². The van der Waals surface area contributed by atoms with Crippen LogP contribution in [0.3, 0.4) is 0 Å². The van der Waals surface area contributed by atoms with E-state index in [4.69, 9.17) is 15.2 Å². The molecule has 13 nitrogen and oxygen atoms in total. The highest BCUT2D eigenvalue weighted by Gasteiger charge is 2.35. The number of nitrogens with one attached hydrogen (secondary N) is 3. The molecule has 1 aromatic heterocycles. The minimum atomic E-state index is -0.635. The molecular weight excluding hydrogens is 697 g/mol. The van der Waals surface area contributed by atoms with Gasteiger partial charge in [-0.15, -0.1) is 5.10 Å². The van der Waals surface area contributed by atoms with Crippen LogP contribution >= 0.6 is 0 Å². The Hall–Kier alpha value is -4.17. The lowest BCUT2D eigenvalue weighted by atomic mass is 9.84. The zero-order chi connectivity index (χ0) is 40.4. The molecule has 3 aromatic rings. The van der Waals surface area contributed by atoms with Crippen LogP contribution in [0, 0.1) is 5.41 Å². The second-order valence-corrected chi connectivity index (χ2v) is 17.2. The molecule has 0 aliphatic carbocycles. The van der Waals surface area contributed by atoms with Crippen LogP contribution in [0.1, 0.15) is 93.1 Å². The molecule has 0 saturated carbocycles. The second kappa shape index (κ2) is 18.6. The Balaban J connectivity index is 1.32. The highest BCUT2D eigenvalue weighted by Crippen LogP contribution is 2.41. The first kappa shape index (κ1) is 43.6. The van der Waals surface area contributed by atoms with Crippen LogP contribution in [0.15, 0.2) is 48.5 Å². The van der Waals surface area contributed by atoms with E-state index in [9.17, 15) is 14.4 Å². The van der Waals surface area contributed by atoms with Gasteiger partial charge in [-0.1, -0.05) is 61.5 Å². The number of amides is 3. The van der Waals surface area contributed by atoms with Gasteiger partial charge in [-0.3, -0.25) is 14.4 Å². The third-order valence-electron chi connectivity index (χ3n) is 9.83. The average molecular weight is 761 g/mol. The Bertz CT molecular complexity index is 1760. The predicted octanol–water partition coefficient (Wildman–Crippen LogP) is 5.21. The Morgan fingerprint density at radius 3 is 2.25 bits per heavy atom. The molecule has 0 fully saturated rings. The van der Waals surface area contributed by atoms with Crippen LogP contribution in [0.5, 0.6) is 0 Å². The van der Waals surface area contributed by atoms with Crippen LogP contribution in [0.4, 0.5) is 5.69 Å². The van der Waals surface area contributed by atoms with Gasteiger partial charge < -0.3 is 36.1 Å². The Kier molecular flexibility index (Phi) is 14.8. The van der Waals surface area contributed by atoms with Crippen LogP contribution in [-0.4, -0.2) is 89.4 Å². The first-order chi connectivity index (χ1) is 25.8. The molecule has 0 radical (unpaired) electrons. The van der Waals surface area contributed by atoms with Crippen molar-refractivity contribution in [3.63, 3.8) is 0 Å². The van der Waals surface area contributed by atoms with Crippen molar-refractivity contribution in [2.45, 2.75) is 117 Å². The first-order valence-electron chi connectivity index (χ1n) is 19.5. The third kappa shape index (κ3) is 12.7. The summed E-state index contributed by atoms with van der Waals surface area (Å²) >= 11 is 0. The van der Waals surface area contributed by atoms with Gasteiger partial charge in [0.25, 0.3) is 0 Å². The zero-order valence-corrected chi connectivity index (χ0v) is 34.5. The van der Waals surface area contributed by atoms with Gasteiger partial charge in [-0.2, -0.15) is 0 Å². The van der Waals surface area contributed by atoms with Crippen molar-refractivity contribution in [1.29, 1.82) is 0 Å². The Morgan fingerprint density at radius 2 is 1.55 bits per heavy atom. The number of nitrogens with zero attached hydrogens (tertiary/aromatic N) is 4. The van der Waals surface area contributed by atoms with Gasteiger partial charge in [0.15, 0.2) is 0 Å². The fraction of sp³-hybridized carbons (Fsp3) is 0.595. The number of rotatable bonds is 20. The summed E-state index contributed by atoms with van der Waals surface area (Å²) in [5.41, 5.74) is 9.23. The zero-order valence-electron chi connectivity index (χ0n) is 34.5. The molecule has 0 saturated heterocycles. The van der Waals surface area contributed by atoms with Gasteiger partial charge in [-0.25, -0.2) is 4.68 Å². The molecule has 0 atom stereocenters. The second-order valence-electron chi connectivity index (χ2n) is 17.2. The summed E-state index contributed by atoms with van der Waals surface area (Å²) in [5.74, 6) is -0.395. The lowest BCUT2D eigenvalue weighted by Gasteiger charge is -2.36. The summed E-state index contributed by atoms with van der Waals surface area (Å²) in [5, 5.41) is 18.3. The van der Waals surface area contributed by atoms with E-state index in [1.54, 1.807) is 4.90 Å². The number of carbonyl (C=O) groups excluding carboxylic acids is 3. The summed E-state index contributed by atoms with van der Waals surface area (Å²) in [6.45, 7) is 19.2. The SMILES string of the molecule is CNCCOCCn1nnc2c1-c1ccccc1CN(C(=O)CCC(=O)NCCC(C)(C)OCCC(C)(C)C(=O)NC(C)(C)CC(C)(C)N)c1ccccc1-2. The molecule has 55 heavy (non-hydrogen) atoms. The molecule has 2 heterocycles. The van der Waals surface area contributed by atoms with Crippen molar-refractivity contribution in [3.8, 4) is 22.5 Å². The number of hydrogen-bond donors (Lipinski definition) is 4. The van der Waals surface area contributed by atoms with E-state index in [1.807, 2.05) is 116 Å². The molecule has 0 bridgehead atoms. The van der Waals surface area contributed by atoms with E-state index in [0.29, 0.717) is 64.4 Å². The summed E-state index contributed by atoms with van der Waals surface area (Å²) in [6, 6.07) is 15.7. The van der Waals surface area contributed by atoms with Crippen LogP contribution in [-0.2, 0) is 36.9 Å². The van der Waals surface area contributed by atoms with Gasteiger partial charge in [-0.05, 0) is 79.5 Å². The van der Waals surface area contributed by atoms with Crippen LogP contribution in [0.25, 0.3) is 22.5 Å². The maximum absolute atomic E-state index is 13.9. The number of likely N-dealkylation sites (N-methyl/N-ethyl adjacent to an activating group) is 1. The molecule has 1 aliphatic heterocycles. The molecule has 3 amide bonds. The van der Waals surface area contributed by atoms with Crippen molar-refractivity contribution < 1.29 is 23.9 Å². The van der Waals surface area contributed by atoms with Crippen molar-refractivity contribution in [2.75, 3.05) is 44.9 Å². The maximum atomic E-state index is 13.9. The number of aromatic nitrogens is 3. The fourth-order valence-electron chi connectivity index (χ4n) is 7.00. The molecule has 2 aromatic carbocycles. The largest absolute Gasteiger partial charge is 0.378 e. The van der Waals surface area contributed by atoms with E-state index in [1.165, 1.54) is 0 Å². The average Bonchev–Trinajstić information content (AvgIpc) is 3.50. The van der Waals surface area contributed by atoms with Gasteiger partial charge in [0, 0.05) is 60.2 Å². The first-order valence-corrected chi connectivity index (χ1v) is 19.5. The Labute approximate surface area is 327 Å². The molecule has 4 rings (SSSR count). The molecule has 302 valence electrons. The number of anilines is 1. The van der Waals surface area contributed by atoms with Gasteiger partial charge >= 0.3 is 0 Å². The molecule has 13 heteroatoms. The van der Waals surface area contributed by atoms with Crippen molar-refractivity contribution >= 4 is 23.4 Å². The lowest BCUT2D eigenvalue weighted by molar-refractivity contribution is -0.133. The summed E-state index contributed by atoms with van der Waals surface area (Å²) < 4.78 is 13.9. The van der Waals surface area contributed by atoms with E-state index in [0.717, 1.165) is 34.6 Å². The smallest absolute Gasteiger partial charge is 0.227 e. The van der Waals surface area contributed by atoms with E-state index < -0.39 is 22.1 Å². The number of carbonyl (C=O) groups is 3. The molecule has 5 N–H and O–H groups in total. The number of ether oxygens (including phenoxy) is 2. The minimum Gasteiger partial charge on any atom is -0.378 e. The topological polar surface area (TPSA) is 166 Å². The number of fused-ring (bicyclic) bond motifs is 5. The summed E-state index contributed by atoms with van der Waals surface area (Å²) in [4.78, 5) is 41.8. The molecule has 0 unspecified atom stereocenters. The number of para-hydroxylation sites is 1. The Morgan fingerprint density at radius 1 is 0.855 bits per heavy atom. The monoisotopic (exact) mass is 760 g/mol. The quantitative estimate of drug-likeness (QED) is 0.113. The standard InChI is InChI=1S/C42H64N8O5/c1-39(2,38(53)46-41(5,6)29-40(3,4)43)21-25-55-42(7,8)20-22-45-34(51)18-19-35(52)49-28-30-14-10-11-15-31(30)37-36(32-16-12-13-17-33(32)49)47-48-50(37)24-27-54-26-23-44-9/h10-17,44H,18-29,43H2,1-9H3,(H,45,51)(H,46,53). The fourth-order valence-corrected chi connectivity index (χ4v) is 7.00. The van der Waals surface area contributed by atoms with E-state index >= 15 is 0 Å². The van der Waals surface area contributed by atoms with E-state index in [-0.39, 0.29) is 30.6 Å². The summed E-state index contributed by atoms with van der Waals surface area (Å²) in [7, 11) is 1.89. The maximum Gasteiger partial charge on any atom is 0.227 e. The summed E-state index contributed by atoms with van der Waals surface area (Å²) in [6.07, 6.45) is 1.85. The van der Waals surface area contributed by atoms with Crippen molar-refractivity contribution in [1.82, 2.24) is 30.9 Å². The van der Waals surface area contributed by atoms with Gasteiger partial charge in [0.1, 0.15) is 5.69 Å². The normalized spacial score (nSPS) is 13.3. The van der Waals surface area contributed by atoms with Crippen LogP contribution in [0.2, 0.25) is 0 Å². The van der Waals surface area contributed by atoms with E-state index in [2.05, 4.69) is 26.3 Å². The van der Waals surface area contributed by atoms with Crippen molar-refractivity contribution in [3.05, 3.63) is 54.1 Å². The molecule has 1 aliphatic rings. The highest BCUT2D eigenvalue weighted by molar-refractivity contribution is 6.01. The highest BCUT2D eigenvalue weighted by atomic mass is 16.5. The van der Waals surface area contributed by atoms with Crippen LogP contribution < -0.4 is 26.6 Å². The predicted molar refractivity (Wildman–Crippen MR) is 217 cm³/mol. The minimum absolute atomic E-state index is 0.0387.